The second kappa shape index (κ2) is 20.8. The van der Waals surface area contributed by atoms with Crippen molar-refractivity contribution in [3.63, 3.8) is 0 Å². The number of halogens is 1. The maximum Gasteiger partial charge on any atom is 0.251 e. The van der Waals surface area contributed by atoms with Crippen LogP contribution in [0.1, 0.15) is 79.2 Å². The standard InChI is InChI=1S/C50H52ClN5O8S/c1-29-46(65-28-54-29)32-9-5-30(6-10-32)25-53-49(61)42-22-36(57)21-41(42)45(59)47(50(2,3)4)56-44(58)27-62-26-31-7-14-37(15-8-31)63-38-16-11-33(12-17-38)48(60)55-35-19-40(20-35)64-39-18-13-34(24-52)43(51)23-39/h5-18,23,28,35-36,40-42,47,57H,19-22,25-27H2,1-4H3,(H,53,61)(H,55,60)(H,56,58)/t35-,36-,40-,41?,42?,47+/m0/s1. The van der Waals surface area contributed by atoms with Crippen LogP contribution in [-0.2, 0) is 32.3 Å². The van der Waals surface area contributed by atoms with E-state index >= 15 is 0 Å². The van der Waals surface area contributed by atoms with E-state index in [1.165, 1.54) is 0 Å². The van der Waals surface area contributed by atoms with Gasteiger partial charge in [-0.2, -0.15) is 5.26 Å². The highest BCUT2D eigenvalue weighted by molar-refractivity contribution is 7.13. The monoisotopic (exact) mass is 917 g/mol. The normalized spacial score (nSPS) is 19.6. The van der Waals surface area contributed by atoms with Crippen LogP contribution in [0.25, 0.3) is 10.4 Å². The molecule has 65 heavy (non-hydrogen) atoms. The molecule has 2 aliphatic carbocycles. The quantitative estimate of drug-likeness (QED) is 0.0710. The maximum atomic E-state index is 14.1. The number of aromatic nitrogens is 1. The first-order chi connectivity index (χ1) is 31.1. The number of aliphatic hydroxyl groups is 1. The summed E-state index contributed by atoms with van der Waals surface area (Å²) in [6.07, 6.45) is 0.739. The Hall–Kier alpha value is -6.11. The summed E-state index contributed by atoms with van der Waals surface area (Å²) in [5, 5.41) is 28.9. The van der Waals surface area contributed by atoms with Gasteiger partial charge in [0.25, 0.3) is 5.91 Å². The van der Waals surface area contributed by atoms with Crippen LogP contribution in [0, 0.1) is 35.5 Å². The molecular formula is C50H52ClN5O8S. The van der Waals surface area contributed by atoms with Gasteiger partial charge in [0.1, 0.15) is 36.0 Å². The zero-order valence-electron chi connectivity index (χ0n) is 36.6. The van der Waals surface area contributed by atoms with Gasteiger partial charge in [-0.3, -0.25) is 19.2 Å². The summed E-state index contributed by atoms with van der Waals surface area (Å²) in [6.45, 7) is 7.64. The lowest BCUT2D eigenvalue weighted by Gasteiger charge is -2.35. The van der Waals surface area contributed by atoms with E-state index < -0.39 is 35.3 Å². The Kier molecular flexibility index (Phi) is 15.0. The molecule has 7 rings (SSSR count). The molecule has 4 aromatic carbocycles. The summed E-state index contributed by atoms with van der Waals surface area (Å²) in [7, 11) is 0. The molecule has 0 radical (unpaired) electrons. The van der Waals surface area contributed by atoms with E-state index in [4.69, 9.17) is 31.1 Å². The first-order valence-corrected chi connectivity index (χ1v) is 22.8. The Morgan fingerprint density at radius 3 is 2.17 bits per heavy atom. The van der Waals surface area contributed by atoms with Crippen molar-refractivity contribution in [2.45, 2.75) is 90.8 Å². The number of benzene rings is 4. The lowest BCUT2D eigenvalue weighted by atomic mass is 9.77. The fourth-order valence-corrected chi connectivity index (χ4v) is 9.07. The van der Waals surface area contributed by atoms with Gasteiger partial charge in [0.2, 0.25) is 11.8 Å². The molecule has 2 fully saturated rings. The lowest BCUT2D eigenvalue weighted by Crippen LogP contribution is -2.53. The number of hydrogen-bond acceptors (Lipinski definition) is 11. The fraction of sp³-hybridized carbons (Fsp3) is 0.360. The maximum absolute atomic E-state index is 14.1. The highest BCUT2D eigenvalue weighted by atomic mass is 35.5. The number of hydrogen-bond donors (Lipinski definition) is 4. The largest absolute Gasteiger partial charge is 0.490 e. The Bertz CT molecular complexity index is 2530. The molecule has 0 aliphatic heterocycles. The van der Waals surface area contributed by atoms with E-state index in [-0.39, 0.29) is 62.3 Å². The van der Waals surface area contributed by atoms with Crippen molar-refractivity contribution >= 4 is 46.4 Å². The molecule has 338 valence electrons. The van der Waals surface area contributed by atoms with Gasteiger partial charge in [-0.1, -0.05) is 68.8 Å². The average molecular weight is 919 g/mol. The molecule has 0 bridgehead atoms. The van der Waals surface area contributed by atoms with E-state index in [1.54, 1.807) is 65.9 Å². The third-order valence-corrected chi connectivity index (χ3v) is 13.0. The molecule has 2 aliphatic rings. The number of nitriles is 1. The van der Waals surface area contributed by atoms with Crippen molar-refractivity contribution in [1.82, 2.24) is 20.9 Å². The van der Waals surface area contributed by atoms with Crippen LogP contribution in [0.5, 0.6) is 17.2 Å². The first-order valence-electron chi connectivity index (χ1n) is 21.5. The molecule has 0 spiro atoms. The van der Waals surface area contributed by atoms with Crippen LogP contribution in [0.2, 0.25) is 5.02 Å². The van der Waals surface area contributed by atoms with Crippen molar-refractivity contribution < 1.29 is 38.5 Å². The molecule has 1 aromatic heterocycles. The fourth-order valence-electron chi connectivity index (χ4n) is 8.05. The number of Topliss-reactive ketones (excluding diaryl/α,β-unsaturated/α-hetero) is 1. The second-order valence-electron chi connectivity index (χ2n) is 17.7. The number of amides is 3. The Balaban J connectivity index is 0.831. The van der Waals surface area contributed by atoms with Crippen LogP contribution in [-0.4, -0.2) is 64.5 Å². The number of aliphatic hydroxyl groups excluding tert-OH is 1. The van der Waals surface area contributed by atoms with Crippen molar-refractivity contribution in [2.24, 2.45) is 17.3 Å². The minimum Gasteiger partial charge on any atom is -0.490 e. The summed E-state index contributed by atoms with van der Waals surface area (Å²) in [5.74, 6) is -1.05. The number of aryl methyl sites for hydroxylation is 1. The number of ether oxygens (including phenoxy) is 3. The van der Waals surface area contributed by atoms with Crippen LogP contribution in [0.15, 0.2) is 96.5 Å². The van der Waals surface area contributed by atoms with E-state index in [1.807, 2.05) is 75.7 Å². The van der Waals surface area contributed by atoms with Gasteiger partial charge >= 0.3 is 0 Å². The number of carbonyl (C=O) groups is 4. The summed E-state index contributed by atoms with van der Waals surface area (Å²) < 4.78 is 17.6. The summed E-state index contributed by atoms with van der Waals surface area (Å²) >= 11 is 7.67. The molecule has 0 saturated heterocycles. The second-order valence-corrected chi connectivity index (χ2v) is 18.9. The highest BCUT2D eigenvalue weighted by Crippen LogP contribution is 2.37. The Morgan fingerprint density at radius 2 is 1.54 bits per heavy atom. The van der Waals surface area contributed by atoms with Crippen molar-refractivity contribution in [3.8, 4) is 33.8 Å². The van der Waals surface area contributed by atoms with Crippen molar-refractivity contribution in [2.75, 3.05) is 6.61 Å². The van der Waals surface area contributed by atoms with E-state index in [0.717, 1.165) is 27.3 Å². The summed E-state index contributed by atoms with van der Waals surface area (Å²) in [6, 6.07) is 28.0. The molecular weight excluding hydrogens is 866 g/mol. The third kappa shape index (κ3) is 12.2. The molecule has 15 heteroatoms. The van der Waals surface area contributed by atoms with Gasteiger partial charge in [-0.15, -0.1) is 11.3 Å². The number of nitrogens with zero attached hydrogens (tertiary/aromatic N) is 2. The van der Waals surface area contributed by atoms with Gasteiger partial charge in [0.05, 0.1) is 51.3 Å². The Morgan fingerprint density at radius 1 is 0.892 bits per heavy atom. The number of rotatable bonds is 17. The van der Waals surface area contributed by atoms with E-state index in [9.17, 15) is 24.3 Å². The smallest absolute Gasteiger partial charge is 0.251 e. The lowest BCUT2D eigenvalue weighted by molar-refractivity contribution is -0.138. The summed E-state index contributed by atoms with van der Waals surface area (Å²) in [4.78, 5) is 59.0. The van der Waals surface area contributed by atoms with E-state index in [2.05, 4.69) is 20.9 Å². The molecule has 2 saturated carbocycles. The van der Waals surface area contributed by atoms with Crippen molar-refractivity contribution in [3.05, 3.63) is 129 Å². The number of thiazole rings is 1. The Labute approximate surface area is 387 Å². The number of ketones is 1. The number of carbonyl (C=O) groups excluding carboxylic acids is 4. The van der Waals surface area contributed by atoms with Gasteiger partial charge in [0.15, 0.2) is 5.78 Å². The molecule has 4 atom stereocenters. The zero-order chi connectivity index (χ0) is 46.3. The molecule has 1 heterocycles. The predicted octanol–water partition coefficient (Wildman–Crippen LogP) is 8.10. The molecule has 3 amide bonds. The van der Waals surface area contributed by atoms with Crippen LogP contribution in [0.4, 0.5) is 0 Å². The highest BCUT2D eigenvalue weighted by Gasteiger charge is 2.46. The molecule has 2 unspecified atom stereocenters. The first kappa shape index (κ1) is 46.9. The topological polar surface area (TPSA) is 189 Å². The predicted molar refractivity (Wildman–Crippen MR) is 246 cm³/mol. The van der Waals surface area contributed by atoms with Crippen molar-refractivity contribution in [1.29, 1.82) is 5.26 Å². The average Bonchev–Trinajstić information content (AvgIpc) is 3.89. The van der Waals surface area contributed by atoms with Crippen LogP contribution in [0.3, 0.4) is 0 Å². The summed E-state index contributed by atoms with van der Waals surface area (Å²) in [5.41, 5.74) is 5.73. The van der Waals surface area contributed by atoms with E-state index in [0.29, 0.717) is 46.2 Å². The van der Waals surface area contributed by atoms with Crippen LogP contribution < -0.4 is 25.4 Å². The minimum absolute atomic E-state index is 0.0216. The third-order valence-electron chi connectivity index (χ3n) is 11.7. The minimum atomic E-state index is -0.912. The van der Waals surface area contributed by atoms with Gasteiger partial charge in [-0.05, 0) is 90.4 Å². The number of nitrogens with one attached hydrogen (secondary N) is 3. The molecule has 5 aromatic rings. The van der Waals surface area contributed by atoms with Crippen LogP contribution >= 0.6 is 22.9 Å². The molecule has 13 nitrogen and oxygen atoms in total. The zero-order valence-corrected chi connectivity index (χ0v) is 38.2. The molecule has 4 N–H and O–H groups in total. The van der Waals surface area contributed by atoms with Gasteiger partial charge in [0, 0.05) is 43.0 Å². The van der Waals surface area contributed by atoms with Gasteiger partial charge in [-0.25, -0.2) is 4.98 Å². The SMILES string of the molecule is Cc1ncsc1-c1ccc(CNC(=O)C2C[C@@H](O)CC2C(=O)[C@@H](NC(=O)COCc2ccc(Oc3ccc(C(=O)N[C@H]4C[C@H](Oc5ccc(C#N)c(Cl)c5)C4)cc3)cc2)C(C)(C)C)cc1. The van der Waals surface area contributed by atoms with Gasteiger partial charge < -0.3 is 35.3 Å².